The summed E-state index contributed by atoms with van der Waals surface area (Å²) in [5, 5.41) is 24.7. The molecule has 47 heavy (non-hydrogen) atoms. The number of hydrogen-bond acceptors (Lipinski definition) is 4. The SMILES string of the molecule is C=C1C[C@@]2(CC[C@@H](CC[C@]3(O)CCC[C@H](O)C3)C2)[C@@H]2O[C@]2(C)CC[C@H]2[C@@H]1C[C@]2(C)[C@H]1CC[C@H](CN=C(N)NCCc2ccccc2)C1. The zero-order valence-corrected chi connectivity index (χ0v) is 29.4. The first-order chi connectivity index (χ1) is 22.5. The molecule has 6 heteroatoms. The number of hydrogen-bond donors (Lipinski definition) is 4. The highest BCUT2D eigenvalue weighted by Gasteiger charge is 2.66. The summed E-state index contributed by atoms with van der Waals surface area (Å²) in [4.78, 5) is 4.78. The van der Waals surface area contributed by atoms with Crippen LogP contribution in [0.2, 0.25) is 0 Å². The highest BCUT2D eigenvalue weighted by Crippen LogP contribution is 2.69. The van der Waals surface area contributed by atoms with Crippen LogP contribution >= 0.6 is 0 Å². The molecule has 7 rings (SSSR count). The Morgan fingerprint density at radius 2 is 1.85 bits per heavy atom. The fraction of sp³-hybridized carbons (Fsp3) is 0.780. The molecule has 0 aromatic heterocycles. The second-order valence-corrected chi connectivity index (χ2v) is 17.9. The van der Waals surface area contributed by atoms with Gasteiger partial charge in [0.15, 0.2) is 5.96 Å². The van der Waals surface area contributed by atoms with Crippen LogP contribution in [-0.4, -0.2) is 52.7 Å². The third-order valence-corrected chi connectivity index (χ3v) is 14.6. The van der Waals surface area contributed by atoms with E-state index in [1.165, 1.54) is 68.9 Å². The minimum atomic E-state index is -0.665. The van der Waals surface area contributed by atoms with Crippen LogP contribution in [0.25, 0.3) is 0 Å². The zero-order chi connectivity index (χ0) is 32.9. The van der Waals surface area contributed by atoms with Crippen LogP contribution in [0.15, 0.2) is 47.5 Å². The summed E-state index contributed by atoms with van der Waals surface area (Å²) >= 11 is 0. The number of guanidine groups is 1. The van der Waals surface area contributed by atoms with Crippen molar-refractivity contribution in [3.63, 3.8) is 0 Å². The van der Waals surface area contributed by atoms with Gasteiger partial charge in [0, 0.05) is 24.9 Å². The van der Waals surface area contributed by atoms with Crippen molar-refractivity contribution in [2.75, 3.05) is 13.1 Å². The van der Waals surface area contributed by atoms with E-state index >= 15 is 0 Å². The van der Waals surface area contributed by atoms with Gasteiger partial charge in [0.2, 0.25) is 0 Å². The molecule has 1 heterocycles. The molecule has 11 atom stereocenters. The fourth-order valence-corrected chi connectivity index (χ4v) is 11.8. The minimum Gasteiger partial charge on any atom is -0.393 e. The number of ether oxygens (including phenoxy) is 1. The first-order valence-corrected chi connectivity index (χ1v) is 19.3. The summed E-state index contributed by atoms with van der Waals surface area (Å²) in [6, 6.07) is 10.5. The molecule has 6 aliphatic rings. The predicted molar refractivity (Wildman–Crippen MR) is 190 cm³/mol. The summed E-state index contributed by atoms with van der Waals surface area (Å²) in [6.45, 7) is 11.5. The summed E-state index contributed by atoms with van der Waals surface area (Å²) < 4.78 is 6.71. The van der Waals surface area contributed by atoms with Crippen molar-refractivity contribution in [3.8, 4) is 0 Å². The number of nitrogens with one attached hydrogen (secondary N) is 1. The molecule has 6 fully saturated rings. The van der Waals surface area contributed by atoms with Crippen molar-refractivity contribution in [2.45, 2.75) is 146 Å². The maximum Gasteiger partial charge on any atom is 0.188 e. The summed E-state index contributed by atoms with van der Waals surface area (Å²) in [6.07, 6.45) is 18.5. The number of aliphatic hydroxyl groups is 2. The molecule has 1 spiro atoms. The van der Waals surface area contributed by atoms with Gasteiger partial charge in [-0.1, -0.05) is 49.4 Å². The average molecular weight is 646 g/mol. The van der Waals surface area contributed by atoms with Crippen molar-refractivity contribution in [1.82, 2.24) is 5.32 Å². The summed E-state index contributed by atoms with van der Waals surface area (Å²) in [7, 11) is 0. The number of benzene rings is 1. The standard InChI is InChI=1S/C41H63N3O3/c1-28-23-40(19-13-30(24-40)14-20-41(46)17-7-10-33(45)25-41)36-39(3,47-36)18-15-35-34(28)26-38(35,2)32-12-11-31(22-32)27-44-37(42)43-21-16-29-8-5-4-6-9-29/h4-6,8-9,30-36,45-46H,1,7,10-27H2,2-3H3,(H3,42,43,44)/t30-,31-,32-,33-,34+,35-,36+,38+,39+,40+,41+/m0/s1. The minimum absolute atomic E-state index is 0.0181. The second kappa shape index (κ2) is 13.1. The van der Waals surface area contributed by atoms with E-state index in [2.05, 4.69) is 49.5 Å². The van der Waals surface area contributed by atoms with Gasteiger partial charge < -0.3 is 26.0 Å². The van der Waals surface area contributed by atoms with Gasteiger partial charge in [-0.3, -0.25) is 4.99 Å². The lowest BCUT2D eigenvalue weighted by atomic mass is 9.46. The lowest BCUT2D eigenvalue weighted by Crippen LogP contribution is -2.51. The van der Waals surface area contributed by atoms with Gasteiger partial charge in [-0.05, 0) is 150 Å². The molecule has 0 amide bonds. The van der Waals surface area contributed by atoms with Crippen LogP contribution in [0.4, 0.5) is 0 Å². The number of epoxide rings is 1. The number of allylic oxidation sites excluding steroid dienone is 1. The lowest BCUT2D eigenvalue weighted by Gasteiger charge is -2.58. The molecule has 1 aromatic rings. The molecule has 0 unspecified atom stereocenters. The van der Waals surface area contributed by atoms with Crippen LogP contribution in [-0.2, 0) is 11.2 Å². The van der Waals surface area contributed by atoms with Crippen LogP contribution in [0.5, 0.6) is 0 Å². The molecule has 1 aromatic carbocycles. The first-order valence-electron chi connectivity index (χ1n) is 19.3. The van der Waals surface area contributed by atoms with Gasteiger partial charge in [-0.25, -0.2) is 0 Å². The van der Waals surface area contributed by atoms with Crippen LogP contribution in [0.1, 0.15) is 122 Å². The molecule has 1 saturated heterocycles. The predicted octanol–water partition coefficient (Wildman–Crippen LogP) is 7.32. The second-order valence-electron chi connectivity index (χ2n) is 17.9. The Hall–Kier alpha value is -1.89. The third-order valence-electron chi connectivity index (χ3n) is 14.6. The summed E-state index contributed by atoms with van der Waals surface area (Å²) in [5.74, 6) is 4.00. The molecule has 260 valence electrons. The Kier molecular flexibility index (Phi) is 9.36. The number of fused-ring (bicyclic) bond motifs is 3. The number of nitrogens with two attached hydrogens (primary N) is 1. The quantitative estimate of drug-likeness (QED) is 0.0975. The Labute approximate surface area is 284 Å². The lowest BCUT2D eigenvalue weighted by molar-refractivity contribution is -0.0693. The Morgan fingerprint density at radius 1 is 1.02 bits per heavy atom. The molecular weight excluding hydrogens is 582 g/mol. The topological polar surface area (TPSA) is 103 Å². The van der Waals surface area contributed by atoms with E-state index in [0.717, 1.165) is 64.0 Å². The fourth-order valence-electron chi connectivity index (χ4n) is 11.8. The normalized spacial score (nSPS) is 45.0. The molecule has 1 aliphatic heterocycles. The van der Waals surface area contributed by atoms with E-state index in [9.17, 15) is 10.2 Å². The highest BCUT2D eigenvalue weighted by molar-refractivity contribution is 5.77. The molecule has 5 N–H and O–H groups in total. The number of aliphatic hydroxyl groups excluding tert-OH is 1. The van der Waals surface area contributed by atoms with Gasteiger partial charge in [0.1, 0.15) is 0 Å². The molecular formula is C41H63N3O3. The molecule has 5 saturated carbocycles. The number of rotatable bonds is 9. The first kappa shape index (κ1) is 33.6. The molecule has 5 aliphatic carbocycles. The van der Waals surface area contributed by atoms with Crippen molar-refractivity contribution in [2.24, 2.45) is 51.1 Å². The van der Waals surface area contributed by atoms with E-state index in [-0.39, 0.29) is 17.1 Å². The molecule has 6 nitrogen and oxygen atoms in total. The molecule has 0 bridgehead atoms. The van der Waals surface area contributed by atoms with Gasteiger partial charge in [0.25, 0.3) is 0 Å². The van der Waals surface area contributed by atoms with Crippen LogP contribution < -0.4 is 11.1 Å². The van der Waals surface area contributed by atoms with E-state index in [1.807, 2.05) is 0 Å². The molecule has 0 radical (unpaired) electrons. The highest BCUT2D eigenvalue weighted by atomic mass is 16.6. The van der Waals surface area contributed by atoms with Gasteiger partial charge in [0.05, 0.1) is 23.4 Å². The Balaban J connectivity index is 0.928. The van der Waals surface area contributed by atoms with Crippen molar-refractivity contribution in [1.29, 1.82) is 0 Å². The number of aliphatic imine (C=N–C) groups is 1. The Morgan fingerprint density at radius 3 is 2.66 bits per heavy atom. The van der Waals surface area contributed by atoms with Crippen LogP contribution in [0.3, 0.4) is 0 Å². The van der Waals surface area contributed by atoms with E-state index in [0.29, 0.717) is 47.6 Å². The third kappa shape index (κ3) is 6.95. The van der Waals surface area contributed by atoms with Crippen molar-refractivity contribution < 1.29 is 14.9 Å². The van der Waals surface area contributed by atoms with Gasteiger partial charge >= 0.3 is 0 Å². The number of nitrogens with zero attached hydrogens (tertiary/aromatic N) is 1. The van der Waals surface area contributed by atoms with Crippen LogP contribution in [0, 0.1) is 40.4 Å². The maximum absolute atomic E-state index is 11.2. The smallest absolute Gasteiger partial charge is 0.188 e. The maximum atomic E-state index is 11.2. The monoisotopic (exact) mass is 645 g/mol. The Bertz CT molecular complexity index is 1300. The largest absolute Gasteiger partial charge is 0.393 e. The van der Waals surface area contributed by atoms with Crippen molar-refractivity contribution in [3.05, 3.63) is 48.0 Å². The van der Waals surface area contributed by atoms with Crippen molar-refractivity contribution >= 4 is 5.96 Å². The van der Waals surface area contributed by atoms with Gasteiger partial charge in [-0.2, -0.15) is 0 Å². The summed E-state index contributed by atoms with van der Waals surface area (Å²) in [5.41, 5.74) is 9.06. The van der Waals surface area contributed by atoms with E-state index < -0.39 is 5.60 Å². The van der Waals surface area contributed by atoms with E-state index in [1.54, 1.807) is 0 Å². The van der Waals surface area contributed by atoms with Gasteiger partial charge in [-0.15, -0.1) is 0 Å². The zero-order valence-electron chi connectivity index (χ0n) is 29.4. The van der Waals surface area contributed by atoms with E-state index in [4.69, 9.17) is 22.0 Å². The average Bonchev–Trinajstić information content (AvgIpc) is 3.34.